The molecule has 0 saturated heterocycles. The van der Waals surface area contributed by atoms with Crippen LogP contribution in [-0.2, 0) is 0 Å². The van der Waals surface area contributed by atoms with Gasteiger partial charge in [0, 0.05) is 0 Å². The van der Waals surface area contributed by atoms with Crippen LogP contribution in [0.15, 0.2) is 24.8 Å². The third-order valence-corrected chi connectivity index (χ3v) is 1.21. The lowest BCUT2D eigenvalue weighted by Gasteiger charge is -1.90. The lowest BCUT2D eigenvalue weighted by molar-refractivity contribution is 0.191. The van der Waals surface area contributed by atoms with Gasteiger partial charge in [0.2, 0.25) is 0 Å². The maximum absolute atomic E-state index is 8.36. The van der Waals surface area contributed by atoms with E-state index in [1.165, 1.54) is 0 Å². The molecule has 0 amide bonds. The molecule has 0 aromatic heterocycles. The van der Waals surface area contributed by atoms with Crippen molar-refractivity contribution in [1.29, 1.82) is 0 Å². The molecule has 1 heteroatoms. The highest BCUT2D eigenvalue weighted by atomic mass is 16.3. The molecule has 1 atom stereocenters. The Morgan fingerprint density at radius 2 is 1.46 bits per heavy atom. The van der Waals surface area contributed by atoms with Crippen LogP contribution in [0.3, 0.4) is 0 Å². The van der Waals surface area contributed by atoms with E-state index in [4.69, 9.17) is 5.11 Å². The fourth-order valence-corrected chi connectivity index (χ4v) is 0. The third kappa shape index (κ3) is 86.1. The van der Waals surface area contributed by atoms with E-state index >= 15 is 0 Å². The molecule has 0 saturated carbocycles. The van der Waals surface area contributed by atoms with Crippen LogP contribution in [0.25, 0.3) is 0 Å². The van der Waals surface area contributed by atoms with Crippen molar-refractivity contribution in [1.82, 2.24) is 0 Å². The van der Waals surface area contributed by atoms with Crippen molar-refractivity contribution >= 4 is 0 Å². The van der Waals surface area contributed by atoms with Crippen molar-refractivity contribution in [3.05, 3.63) is 24.8 Å². The van der Waals surface area contributed by atoms with Gasteiger partial charge < -0.3 is 5.11 Å². The molecule has 0 aliphatic rings. The minimum absolute atomic E-state index is 0.116. The molecule has 0 rings (SSSR count). The van der Waals surface area contributed by atoms with E-state index in [0.717, 1.165) is 12.8 Å². The zero-order valence-electron chi connectivity index (χ0n) is 9.88. The van der Waals surface area contributed by atoms with Gasteiger partial charge in [-0.1, -0.05) is 32.1 Å². The molecule has 0 aliphatic heterocycles. The van der Waals surface area contributed by atoms with Crippen LogP contribution in [0.1, 0.15) is 47.5 Å². The number of aliphatic hydroxyl groups is 1. The van der Waals surface area contributed by atoms with Crippen LogP contribution in [-0.4, -0.2) is 11.2 Å². The quantitative estimate of drug-likeness (QED) is 0.648. The second-order valence-electron chi connectivity index (χ2n) is 2.62. The number of allylic oxidation sites excluding steroid dienone is 3. The Hall–Kier alpha value is -0.560. The first-order chi connectivity index (χ1) is 6.10. The molecule has 1 unspecified atom stereocenters. The molecule has 0 spiro atoms. The van der Waals surface area contributed by atoms with Crippen LogP contribution in [0.5, 0.6) is 0 Å². The molecular formula is C12H26O. The highest BCUT2D eigenvalue weighted by Gasteiger charge is 1.81. The SMILES string of the molecule is C=CCC.CC=CC.CCC(C)O. The Morgan fingerprint density at radius 3 is 1.46 bits per heavy atom. The van der Waals surface area contributed by atoms with Gasteiger partial charge in [0.05, 0.1) is 6.10 Å². The van der Waals surface area contributed by atoms with Gasteiger partial charge in [0.25, 0.3) is 0 Å². The zero-order chi connectivity index (χ0) is 11.1. The van der Waals surface area contributed by atoms with E-state index in [0.29, 0.717) is 0 Å². The monoisotopic (exact) mass is 186 g/mol. The summed E-state index contributed by atoms with van der Waals surface area (Å²) in [7, 11) is 0. The first-order valence-electron chi connectivity index (χ1n) is 4.96. The Balaban J connectivity index is -0.000000117. The van der Waals surface area contributed by atoms with Crippen molar-refractivity contribution < 1.29 is 5.11 Å². The van der Waals surface area contributed by atoms with E-state index < -0.39 is 0 Å². The highest BCUT2D eigenvalue weighted by Crippen LogP contribution is 1.81. The van der Waals surface area contributed by atoms with Crippen molar-refractivity contribution in [2.75, 3.05) is 0 Å². The van der Waals surface area contributed by atoms with E-state index in [-0.39, 0.29) is 6.10 Å². The predicted molar refractivity (Wildman–Crippen MR) is 62.9 cm³/mol. The Kier molecular flexibility index (Phi) is 31.7. The molecule has 0 aliphatic carbocycles. The fourth-order valence-electron chi connectivity index (χ4n) is 0. The van der Waals surface area contributed by atoms with E-state index in [2.05, 4.69) is 13.5 Å². The minimum Gasteiger partial charge on any atom is -0.393 e. The first-order valence-corrected chi connectivity index (χ1v) is 4.96. The summed E-state index contributed by atoms with van der Waals surface area (Å²) < 4.78 is 0. The average molecular weight is 186 g/mol. The summed E-state index contributed by atoms with van der Waals surface area (Å²) in [5.74, 6) is 0. The summed E-state index contributed by atoms with van der Waals surface area (Å²) >= 11 is 0. The van der Waals surface area contributed by atoms with Gasteiger partial charge in [-0.25, -0.2) is 0 Å². The third-order valence-electron chi connectivity index (χ3n) is 1.21. The van der Waals surface area contributed by atoms with Crippen molar-refractivity contribution in [2.45, 2.75) is 53.6 Å². The summed E-state index contributed by atoms with van der Waals surface area (Å²) in [4.78, 5) is 0. The van der Waals surface area contributed by atoms with Gasteiger partial charge in [0.15, 0.2) is 0 Å². The average Bonchev–Trinajstić information content (AvgIpc) is 2.18. The normalized spacial score (nSPS) is 10.6. The maximum atomic E-state index is 8.36. The lowest BCUT2D eigenvalue weighted by Crippen LogP contribution is -1.93. The molecule has 0 aromatic rings. The van der Waals surface area contributed by atoms with Crippen LogP contribution >= 0.6 is 0 Å². The summed E-state index contributed by atoms with van der Waals surface area (Å²) in [6.07, 6.45) is 7.70. The number of rotatable bonds is 2. The molecule has 0 bridgehead atoms. The van der Waals surface area contributed by atoms with Gasteiger partial charge in [-0.3, -0.25) is 0 Å². The second-order valence-corrected chi connectivity index (χ2v) is 2.62. The number of aliphatic hydroxyl groups excluding tert-OH is 1. The topological polar surface area (TPSA) is 20.2 Å². The van der Waals surface area contributed by atoms with Crippen molar-refractivity contribution in [3.63, 3.8) is 0 Å². The molecule has 1 N–H and O–H groups in total. The van der Waals surface area contributed by atoms with Gasteiger partial charge in [0.1, 0.15) is 0 Å². The number of hydrogen-bond donors (Lipinski definition) is 1. The fraction of sp³-hybridized carbons (Fsp3) is 0.667. The van der Waals surface area contributed by atoms with Crippen LogP contribution in [0.2, 0.25) is 0 Å². The van der Waals surface area contributed by atoms with Gasteiger partial charge in [-0.05, 0) is 33.6 Å². The summed E-state index contributed by atoms with van der Waals surface area (Å²) in [5, 5.41) is 8.36. The molecule has 80 valence electrons. The lowest BCUT2D eigenvalue weighted by atomic mass is 10.3. The van der Waals surface area contributed by atoms with Crippen molar-refractivity contribution in [2.24, 2.45) is 0 Å². The Morgan fingerprint density at radius 1 is 1.23 bits per heavy atom. The summed E-state index contributed by atoms with van der Waals surface area (Å²) in [5.41, 5.74) is 0. The minimum atomic E-state index is -0.116. The van der Waals surface area contributed by atoms with Crippen molar-refractivity contribution in [3.8, 4) is 0 Å². The summed E-state index contributed by atoms with van der Waals surface area (Å²) in [6.45, 7) is 13.3. The molecule has 0 radical (unpaired) electrons. The molecule has 1 nitrogen and oxygen atoms in total. The van der Waals surface area contributed by atoms with Crippen LogP contribution < -0.4 is 0 Å². The number of hydrogen-bond acceptors (Lipinski definition) is 1. The zero-order valence-corrected chi connectivity index (χ0v) is 9.88. The van der Waals surface area contributed by atoms with Gasteiger partial charge in [-0.2, -0.15) is 0 Å². The van der Waals surface area contributed by atoms with E-state index in [1.807, 2.05) is 39.0 Å². The maximum Gasteiger partial charge on any atom is 0.0509 e. The van der Waals surface area contributed by atoms with E-state index in [9.17, 15) is 0 Å². The molecule has 13 heavy (non-hydrogen) atoms. The Bertz CT molecular complexity index is 89.3. The predicted octanol–water partition coefficient (Wildman–Crippen LogP) is 3.94. The van der Waals surface area contributed by atoms with Gasteiger partial charge >= 0.3 is 0 Å². The second kappa shape index (κ2) is 22.5. The first kappa shape index (κ1) is 18.3. The largest absolute Gasteiger partial charge is 0.393 e. The van der Waals surface area contributed by atoms with Crippen LogP contribution in [0, 0.1) is 0 Å². The molecule has 0 heterocycles. The smallest absolute Gasteiger partial charge is 0.0509 e. The Labute approximate surface area is 84.2 Å². The molecular weight excluding hydrogens is 160 g/mol. The highest BCUT2D eigenvalue weighted by molar-refractivity contribution is 4.68. The van der Waals surface area contributed by atoms with Crippen LogP contribution in [0.4, 0.5) is 0 Å². The summed E-state index contributed by atoms with van der Waals surface area (Å²) in [6, 6.07) is 0. The van der Waals surface area contributed by atoms with Gasteiger partial charge in [-0.15, -0.1) is 6.58 Å². The molecule has 0 aromatic carbocycles. The molecule has 0 fully saturated rings. The standard InChI is InChI=1S/C4H10O.2C4H8/c1-3-4(2)5;2*1-3-4-2/h4-5H,3H2,1-2H3;3-4H,1-2H3;3H,1,4H2,2H3. The van der Waals surface area contributed by atoms with E-state index in [1.54, 1.807) is 6.92 Å².